The minimum atomic E-state index is 0.0902. The van der Waals surface area contributed by atoms with Gasteiger partial charge in [-0.15, -0.1) is 0 Å². The van der Waals surface area contributed by atoms with Crippen molar-refractivity contribution in [1.82, 2.24) is 5.32 Å². The predicted molar refractivity (Wildman–Crippen MR) is 81.5 cm³/mol. The van der Waals surface area contributed by atoms with E-state index >= 15 is 0 Å². The van der Waals surface area contributed by atoms with E-state index in [2.05, 4.69) is 18.3 Å². The number of hydrogen-bond donors (Lipinski definition) is 1. The summed E-state index contributed by atoms with van der Waals surface area (Å²) in [6.07, 6.45) is 0. The zero-order chi connectivity index (χ0) is 14.4. The number of ether oxygens (including phenoxy) is 2. The number of para-hydroxylation sites is 1. The highest BCUT2D eigenvalue weighted by atomic mass is 16.5. The third-order valence-corrected chi connectivity index (χ3v) is 3.30. The molecule has 20 heavy (non-hydrogen) atoms. The molecule has 2 aromatic carbocycles. The summed E-state index contributed by atoms with van der Waals surface area (Å²) in [6, 6.07) is 16.2. The van der Waals surface area contributed by atoms with Gasteiger partial charge in [-0.1, -0.05) is 35.9 Å². The topological polar surface area (TPSA) is 30.5 Å². The van der Waals surface area contributed by atoms with Gasteiger partial charge in [0.2, 0.25) is 0 Å². The Hall–Kier alpha value is -2.00. The monoisotopic (exact) mass is 271 g/mol. The van der Waals surface area contributed by atoms with Crippen LogP contribution in [0.15, 0.2) is 48.5 Å². The summed E-state index contributed by atoms with van der Waals surface area (Å²) in [7, 11) is 3.61. The normalized spacial score (nSPS) is 11.9. The van der Waals surface area contributed by atoms with Crippen LogP contribution in [0.1, 0.15) is 17.2 Å². The lowest BCUT2D eigenvalue weighted by Crippen LogP contribution is -2.23. The number of aryl methyl sites for hydroxylation is 1. The van der Waals surface area contributed by atoms with Crippen LogP contribution in [0.25, 0.3) is 0 Å². The van der Waals surface area contributed by atoms with E-state index in [0.717, 1.165) is 17.1 Å². The van der Waals surface area contributed by atoms with Crippen LogP contribution in [0.3, 0.4) is 0 Å². The van der Waals surface area contributed by atoms with Crippen molar-refractivity contribution in [3.8, 4) is 11.5 Å². The summed E-state index contributed by atoms with van der Waals surface area (Å²) < 4.78 is 11.3. The van der Waals surface area contributed by atoms with Crippen LogP contribution >= 0.6 is 0 Å². The molecule has 3 heteroatoms. The molecule has 0 aliphatic carbocycles. The van der Waals surface area contributed by atoms with Crippen molar-refractivity contribution < 1.29 is 9.47 Å². The lowest BCUT2D eigenvalue weighted by Gasteiger charge is -2.19. The molecule has 0 aliphatic rings. The van der Waals surface area contributed by atoms with E-state index in [0.29, 0.717) is 6.61 Å². The molecular formula is C17H21NO2. The number of methoxy groups -OCH3 is 1. The summed E-state index contributed by atoms with van der Waals surface area (Å²) in [6.45, 7) is 2.62. The maximum atomic E-state index is 5.85. The Morgan fingerprint density at radius 3 is 2.40 bits per heavy atom. The Kier molecular flexibility index (Phi) is 5.02. The van der Waals surface area contributed by atoms with Crippen LogP contribution in [0.4, 0.5) is 0 Å². The van der Waals surface area contributed by atoms with Crippen LogP contribution in [0.5, 0.6) is 11.5 Å². The van der Waals surface area contributed by atoms with E-state index in [4.69, 9.17) is 9.47 Å². The highest BCUT2D eigenvalue weighted by Crippen LogP contribution is 2.25. The average molecular weight is 271 g/mol. The van der Waals surface area contributed by atoms with Gasteiger partial charge in [0.05, 0.1) is 13.2 Å². The van der Waals surface area contributed by atoms with E-state index in [1.54, 1.807) is 7.11 Å². The minimum Gasteiger partial charge on any atom is -0.496 e. The standard InChI is InChI=1S/C17H21NO2/c1-13-8-10-14(11-9-13)20-12-16(18-2)15-6-4-5-7-17(15)19-3/h4-11,16,18H,12H2,1-3H3. The molecule has 0 saturated carbocycles. The van der Waals surface area contributed by atoms with Crippen LogP contribution in [0, 0.1) is 6.92 Å². The number of rotatable bonds is 6. The Morgan fingerprint density at radius 1 is 1.05 bits per heavy atom. The van der Waals surface area contributed by atoms with Gasteiger partial charge in [-0.3, -0.25) is 0 Å². The maximum Gasteiger partial charge on any atom is 0.123 e. The average Bonchev–Trinajstić information content (AvgIpc) is 2.50. The lowest BCUT2D eigenvalue weighted by atomic mass is 10.1. The highest BCUT2D eigenvalue weighted by molar-refractivity contribution is 5.36. The SMILES string of the molecule is CNC(COc1ccc(C)cc1)c1ccccc1OC. The molecule has 1 N–H and O–H groups in total. The number of hydrogen-bond acceptors (Lipinski definition) is 3. The summed E-state index contributed by atoms with van der Waals surface area (Å²) in [5.74, 6) is 1.75. The van der Waals surface area contributed by atoms with Gasteiger partial charge in [0.1, 0.15) is 18.1 Å². The first-order valence-corrected chi connectivity index (χ1v) is 6.74. The van der Waals surface area contributed by atoms with Gasteiger partial charge >= 0.3 is 0 Å². The van der Waals surface area contributed by atoms with E-state index in [1.165, 1.54) is 5.56 Å². The molecule has 0 radical (unpaired) electrons. The minimum absolute atomic E-state index is 0.0902. The van der Waals surface area contributed by atoms with Crippen molar-refractivity contribution in [2.75, 3.05) is 20.8 Å². The van der Waals surface area contributed by atoms with Crippen LogP contribution < -0.4 is 14.8 Å². The van der Waals surface area contributed by atoms with Gasteiger partial charge in [0.15, 0.2) is 0 Å². The molecule has 3 nitrogen and oxygen atoms in total. The molecule has 0 heterocycles. The zero-order valence-electron chi connectivity index (χ0n) is 12.2. The molecule has 0 spiro atoms. The van der Waals surface area contributed by atoms with Crippen LogP contribution in [-0.2, 0) is 0 Å². The van der Waals surface area contributed by atoms with Crippen molar-refractivity contribution in [3.05, 3.63) is 59.7 Å². The van der Waals surface area contributed by atoms with Gasteiger partial charge < -0.3 is 14.8 Å². The Labute approximate surface area is 120 Å². The second-order valence-electron chi connectivity index (χ2n) is 4.71. The van der Waals surface area contributed by atoms with Gasteiger partial charge in [0.25, 0.3) is 0 Å². The van der Waals surface area contributed by atoms with Gasteiger partial charge in [-0.05, 0) is 32.2 Å². The van der Waals surface area contributed by atoms with Gasteiger partial charge in [-0.2, -0.15) is 0 Å². The van der Waals surface area contributed by atoms with Crippen molar-refractivity contribution in [3.63, 3.8) is 0 Å². The van der Waals surface area contributed by atoms with Crippen LogP contribution in [0.2, 0.25) is 0 Å². The molecule has 1 atom stereocenters. The van der Waals surface area contributed by atoms with Gasteiger partial charge in [0, 0.05) is 5.56 Å². The molecule has 0 aromatic heterocycles. The molecule has 0 amide bonds. The zero-order valence-corrected chi connectivity index (χ0v) is 12.2. The molecule has 2 aromatic rings. The number of likely N-dealkylation sites (N-methyl/N-ethyl adjacent to an activating group) is 1. The Bertz CT molecular complexity index is 537. The molecule has 0 aliphatic heterocycles. The van der Waals surface area contributed by atoms with Crippen molar-refractivity contribution in [1.29, 1.82) is 0 Å². The molecule has 0 fully saturated rings. The summed E-state index contributed by atoms with van der Waals surface area (Å²) in [5.41, 5.74) is 2.33. The molecular weight excluding hydrogens is 250 g/mol. The molecule has 2 rings (SSSR count). The molecule has 0 bridgehead atoms. The van der Waals surface area contributed by atoms with Crippen molar-refractivity contribution in [2.24, 2.45) is 0 Å². The van der Waals surface area contributed by atoms with E-state index in [9.17, 15) is 0 Å². The molecule has 1 unspecified atom stereocenters. The fourth-order valence-corrected chi connectivity index (χ4v) is 2.10. The second-order valence-corrected chi connectivity index (χ2v) is 4.71. The predicted octanol–water partition coefficient (Wildman–Crippen LogP) is 3.34. The van der Waals surface area contributed by atoms with E-state index in [1.807, 2.05) is 49.5 Å². The molecule has 106 valence electrons. The first-order valence-electron chi connectivity index (χ1n) is 6.74. The fraction of sp³-hybridized carbons (Fsp3) is 0.294. The van der Waals surface area contributed by atoms with Gasteiger partial charge in [-0.25, -0.2) is 0 Å². The first kappa shape index (κ1) is 14.4. The number of nitrogens with one attached hydrogen (secondary N) is 1. The lowest BCUT2D eigenvalue weighted by molar-refractivity contribution is 0.269. The van der Waals surface area contributed by atoms with E-state index < -0.39 is 0 Å². The van der Waals surface area contributed by atoms with Crippen molar-refractivity contribution in [2.45, 2.75) is 13.0 Å². The third kappa shape index (κ3) is 3.52. The highest BCUT2D eigenvalue weighted by Gasteiger charge is 2.14. The largest absolute Gasteiger partial charge is 0.496 e. The van der Waals surface area contributed by atoms with Crippen molar-refractivity contribution >= 4 is 0 Å². The first-order chi connectivity index (χ1) is 9.74. The third-order valence-electron chi connectivity index (χ3n) is 3.30. The maximum absolute atomic E-state index is 5.85. The van der Waals surface area contributed by atoms with Crippen LogP contribution in [-0.4, -0.2) is 20.8 Å². The summed E-state index contributed by atoms with van der Waals surface area (Å²) >= 11 is 0. The smallest absolute Gasteiger partial charge is 0.123 e. The fourth-order valence-electron chi connectivity index (χ4n) is 2.10. The van der Waals surface area contributed by atoms with E-state index in [-0.39, 0.29) is 6.04 Å². The number of benzene rings is 2. The summed E-state index contributed by atoms with van der Waals surface area (Å²) in [4.78, 5) is 0. The second kappa shape index (κ2) is 6.96. The summed E-state index contributed by atoms with van der Waals surface area (Å²) in [5, 5.41) is 3.27. The Morgan fingerprint density at radius 2 is 1.75 bits per heavy atom. The molecule has 0 saturated heterocycles. The quantitative estimate of drug-likeness (QED) is 0.874. The Balaban J connectivity index is 2.07.